The summed E-state index contributed by atoms with van der Waals surface area (Å²) in [5.41, 5.74) is 8.04. The third-order valence-electron chi connectivity index (χ3n) is 4.76. The average Bonchev–Trinajstić information content (AvgIpc) is 3.02. The van der Waals surface area contributed by atoms with Crippen molar-refractivity contribution >= 4 is 22.4 Å². The number of rotatable bonds is 4. The Morgan fingerprint density at radius 1 is 1.29 bits per heavy atom. The SMILES string of the molecule is CN(C)CC(=O)N1CCC(c2ccccc2)(c2csc(N)n2)CC1. The van der Waals surface area contributed by atoms with Crippen LogP contribution in [0.25, 0.3) is 0 Å². The minimum absolute atomic E-state index is 0.149. The summed E-state index contributed by atoms with van der Waals surface area (Å²) in [6, 6.07) is 10.5. The number of nitrogens with zero attached hydrogens (tertiary/aromatic N) is 3. The molecule has 0 saturated carbocycles. The molecule has 0 unspecified atom stereocenters. The second-order valence-corrected chi connectivity index (χ2v) is 7.53. The highest BCUT2D eigenvalue weighted by Crippen LogP contribution is 2.42. The number of anilines is 1. The van der Waals surface area contributed by atoms with Gasteiger partial charge in [0.1, 0.15) is 0 Å². The lowest BCUT2D eigenvalue weighted by atomic mass is 9.70. The van der Waals surface area contributed by atoms with Gasteiger partial charge in [0.05, 0.1) is 12.2 Å². The first-order valence-corrected chi connectivity index (χ1v) is 9.09. The van der Waals surface area contributed by atoms with E-state index in [2.05, 4.69) is 34.6 Å². The molecule has 24 heavy (non-hydrogen) atoms. The van der Waals surface area contributed by atoms with Crippen LogP contribution in [0, 0.1) is 0 Å². The van der Waals surface area contributed by atoms with Crippen LogP contribution in [0.1, 0.15) is 24.1 Å². The molecule has 3 rings (SSSR count). The van der Waals surface area contributed by atoms with Gasteiger partial charge in [-0.1, -0.05) is 30.3 Å². The number of thiazole rings is 1. The molecule has 2 N–H and O–H groups in total. The fourth-order valence-corrected chi connectivity index (χ4v) is 4.13. The van der Waals surface area contributed by atoms with Gasteiger partial charge in [-0.15, -0.1) is 11.3 Å². The van der Waals surface area contributed by atoms with Gasteiger partial charge in [0, 0.05) is 23.9 Å². The van der Waals surface area contributed by atoms with Crippen molar-refractivity contribution in [1.82, 2.24) is 14.8 Å². The Balaban J connectivity index is 1.86. The van der Waals surface area contributed by atoms with Gasteiger partial charge in [-0.3, -0.25) is 4.79 Å². The van der Waals surface area contributed by atoms with E-state index in [0.29, 0.717) is 11.7 Å². The van der Waals surface area contributed by atoms with Crippen LogP contribution in [-0.4, -0.2) is 54.4 Å². The molecule has 1 fully saturated rings. The number of likely N-dealkylation sites (N-methyl/N-ethyl adjacent to an activating group) is 1. The summed E-state index contributed by atoms with van der Waals surface area (Å²) in [6.45, 7) is 1.96. The van der Waals surface area contributed by atoms with E-state index in [4.69, 9.17) is 5.73 Å². The molecule has 1 amide bonds. The number of amides is 1. The monoisotopic (exact) mass is 344 g/mol. The van der Waals surface area contributed by atoms with E-state index in [1.165, 1.54) is 16.9 Å². The maximum atomic E-state index is 12.3. The molecule has 128 valence electrons. The Bertz CT molecular complexity index is 690. The molecule has 2 aromatic rings. The predicted molar refractivity (Wildman–Crippen MR) is 98.1 cm³/mol. The molecule has 0 bridgehead atoms. The molecule has 0 aliphatic carbocycles. The van der Waals surface area contributed by atoms with Gasteiger partial charge in [0.2, 0.25) is 5.91 Å². The fraction of sp³-hybridized carbons (Fsp3) is 0.444. The lowest BCUT2D eigenvalue weighted by Crippen LogP contribution is -2.48. The number of benzene rings is 1. The Labute approximate surface area is 147 Å². The van der Waals surface area contributed by atoms with Crippen LogP contribution in [-0.2, 0) is 10.2 Å². The van der Waals surface area contributed by atoms with Gasteiger partial charge in [-0.05, 0) is 32.5 Å². The standard InChI is InChI=1S/C18H24N4OS/c1-21(2)12-16(23)22-10-8-18(9-11-22,14-6-4-3-5-7-14)15-13-24-17(19)20-15/h3-7,13H,8-12H2,1-2H3,(H2,19,20). The topological polar surface area (TPSA) is 62.5 Å². The molecule has 1 saturated heterocycles. The molecule has 2 heterocycles. The number of likely N-dealkylation sites (tertiary alicyclic amines) is 1. The van der Waals surface area contributed by atoms with Crippen molar-refractivity contribution in [1.29, 1.82) is 0 Å². The predicted octanol–water partition coefficient (Wildman–Crippen LogP) is 2.20. The van der Waals surface area contributed by atoms with Crippen LogP contribution in [0.5, 0.6) is 0 Å². The molecule has 1 aliphatic rings. The fourth-order valence-electron chi connectivity index (χ4n) is 3.47. The zero-order chi connectivity index (χ0) is 17.2. The van der Waals surface area contributed by atoms with Gasteiger partial charge < -0.3 is 15.5 Å². The smallest absolute Gasteiger partial charge is 0.236 e. The maximum absolute atomic E-state index is 12.3. The highest BCUT2D eigenvalue weighted by atomic mass is 32.1. The molecule has 0 radical (unpaired) electrons. The first-order chi connectivity index (χ1) is 11.5. The van der Waals surface area contributed by atoms with E-state index in [9.17, 15) is 4.79 Å². The van der Waals surface area contributed by atoms with Crippen LogP contribution in [0.3, 0.4) is 0 Å². The summed E-state index contributed by atoms with van der Waals surface area (Å²) in [4.78, 5) is 20.8. The van der Waals surface area contributed by atoms with Gasteiger partial charge in [-0.2, -0.15) is 0 Å². The molecule has 5 nitrogen and oxygen atoms in total. The summed E-state index contributed by atoms with van der Waals surface area (Å²) in [7, 11) is 3.85. The summed E-state index contributed by atoms with van der Waals surface area (Å²) >= 11 is 1.49. The molecule has 0 spiro atoms. The van der Waals surface area contributed by atoms with Crippen LogP contribution >= 0.6 is 11.3 Å². The molecule has 1 aliphatic heterocycles. The van der Waals surface area contributed by atoms with E-state index in [1.54, 1.807) is 0 Å². The van der Waals surface area contributed by atoms with Crippen molar-refractivity contribution in [3.05, 3.63) is 47.0 Å². The first kappa shape index (κ1) is 16.9. The van der Waals surface area contributed by atoms with E-state index >= 15 is 0 Å². The van der Waals surface area contributed by atoms with E-state index in [1.807, 2.05) is 30.0 Å². The minimum atomic E-state index is -0.149. The highest BCUT2D eigenvalue weighted by molar-refractivity contribution is 7.13. The third kappa shape index (κ3) is 3.30. The van der Waals surface area contributed by atoms with Gasteiger partial charge in [-0.25, -0.2) is 4.98 Å². The number of hydrogen-bond donors (Lipinski definition) is 1. The zero-order valence-corrected chi connectivity index (χ0v) is 15.1. The van der Waals surface area contributed by atoms with Crippen molar-refractivity contribution in [2.45, 2.75) is 18.3 Å². The number of nitrogens with two attached hydrogens (primary N) is 1. The minimum Gasteiger partial charge on any atom is -0.375 e. The second kappa shape index (κ2) is 6.91. The average molecular weight is 344 g/mol. The number of hydrogen-bond acceptors (Lipinski definition) is 5. The Hall–Kier alpha value is -1.92. The quantitative estimate of drug-likeness (QED) is 0.923. The lowest BCUT2D eigenvalue weighted by Gasteiger charge is -2.41. The highest BCUT2D eigenvalue weighted by Gasteiger charge is 2.40. The summed E-state index contributed by atoms with van der Waals surface area (Å²) < 4.78 is 0. The summed E-state index contributed by atoms with van der Waals surface area (Å²) in [6.07, 6.45) is 1.75. The molecule has 1 aromatic heterocycles. The summed E-state index contributed by atoms with van der Waals surface area (Å²) in [5, 5.41) is 2.67. The molecule has 6 heteroatoms. The molecule has 0 atom stereocenters. The largest absolute Gasteiger partial charge is 0.375 e. The van der Waals surface area contributed by atoms with Crippen molar-refractivity contribution in [3.8, 4) is 0 Å². The molecule has 1 aromatic carbocycles. The van der Waals surface area contributed by atoms with Gasteiger partial charge >= 0.3 is 0 Å². The van der Waals surface area contributed by atoms with Gasteiger partial charge in [0.15, 0.2) is 5.13 Å². The number of aromatic nitrogens is 1. The van der Waals surface area contributed by atoms with Gasteiger partial charge in [0.25, 0.3) is 0 Å². The summed E-state index contributed by atoms with van der Waals surface area (Å²) in [5.74, 6) is 0.194. The van der Waals surface area contributed by atoms with E-state index in [-0.39, 0.29) is 11.3 Å². The number of piperidine rings is 1. The van der Waals surface area contributed by atoms with Crippen LogP contribution in [0.2, 0.25) is 0 Å². The van der Waals surface area contributed by atoms with Crippen molar-refractivity contribution in [2.75, 3.05) is 39.5 Å². The molecular formula is C18H24N4OS. The molecular weight excluding hydrogens is 320 g/mol. The normalized spacial score (nSPS) is 17.2. The Morgan fingerprint density at radius 2 is 1.96 bits per heavy atom. The van der Waals surface area contributed by atoms with Crippen LogP contribution in [0.4, 0.5) is 5.13 Å². The number of carbonyl (C=O) groups excluding carboxylic acids is 1. The Kier molecular flexibility index (Phi) is 4.87. The number of carbonyl (C=O) groups is 1. The van der Waals surface area contributed by atoms with Crippen molar-refractivity contribution < 1.29 is 4.79 Å². The van der Waals surface area contributed by atoms with E-state index in [0.717, 1.165) is 31.6 Å². The Morgan fingerprint density at radius 3 is 2.50 bits per heavy atom. The van der Waals surface area contributed by atoms with E-state index < -0.39 is 0 Å². The first-order valence-electron chi connectivity index (χ1n) is 8.21. The maximum Gasteiger partial charge on any atom is 0.236 e. The van der Waals surface area contributed by atoms with Crippen LogP contribution < -0.4 is 5.73 Å². The zero-order valence-electron chi connectivity index (χ0n) is 14.2. The van der Waals surface area contributed by atoms with Crippen molar-refractivity contribution in [2.24, 2.45) is 0 Å². The second-order valence-electron chi connectivity index (χ2n) is 6.64. The number of nitrogen functional groups attached to an aromatic ring is 1. The third-order valence-corrected chi connectivity index (χ3v) is 5.43. The van der Waals surface area contributed by atoms with Crippen molar-refractivity contribution in [3.63, 3.8) is 0 Å². The van der Waals surface area contributed by atoms with Crippen LogP contribution in [0.15, 0.2) is 35.7 Å². The lowest BCUT2D eigenvalue weighted by molar-refractivity contribution is -0.133.